The quantitative estimate of drug-likeness (QED) is 0.435. The van der Waals surface area contributed by atoms with Gasteiger partial charge in [0.15, 0.2) is 5.96 Å². The summed E-state index contributed by atoms with van der Waals surface area (Å²) in [6.07, 6.45) is 8.44. The molecule has 0 saturated carbocycles. The van der Waals surface area contributed by atoms with Crippen LogP contribution in [0.4, 0.5) is 0 Å². The van der Waals surface area contributed by atoms with E-state index >= 15 is 0 Å². The zero-order valence-electron chi connectivity index (χ0n) is 25.4. The zero-order valence-corrected chi connectivity index (χ0v) is 25.4. The number of amides is 2. The van der Waals surface area contributed by atoms with Gasteiger partial charge in [-0.2, -0.15) is 0 Å². The van der Waals surface area contributed by atoms with Crippen molar-refractivity contribution in [1.82, 2.24) is 15.2 Å². The van der Waals surface area contributed by atoms with Crippen molar-refractivity contribution < 1.29 is 19.1 Å². The van der Waals surface area contributed by atoms with Gasteiger partial charge < -0.3 is 20.5 Å². The van der Waals surface area contributed by atoms with E-state index in [0.717, 1.165) is 42.6 Å². The Labute approximate surface area is 249 Å². The van der Waals surface area contributed by atoms with E-state index in [9.17, 15) is 9.59 Å². The summed E-state index contributed by atoms with van der Waals surface area (Å²) < 4.78 is 12.3. The number of nitrogens with one attached hydrogen (secondary N) is 1. The molecule has 6 heterocycles. The van der Waals surface area contributed by atoms with Crippen LogP contribution in [0.25, 0.3) is 0 Å². The van der Waals surface area contributed by atoms with Gasteiger partial charge in [0.05, 0.1) is 24.7 Å². The molecule has 9 nitrogen and oxygen atoms in total. The van der Waals surface area contributed by atoms with Crippen molar-refractivity contribution in [2.75, 3.05) is 6.61 Å². The van der Waals surface area contributed by atoms with Crippen molar-refractivity contribution in [3.8, 4) is 11.6 Å². The lowest BCUT2D eigenvalue weighted by molar-refractivity contribution is -0.132. The van der Waals surface area contributed by atoms with Crippen molar-refractivity contribution in [3.05, 3.63) is 53.2 Å². The molecule has 5 aliphatic heterocycles. The highest BCUT2D eigenvalue weighted by atomic mass is 16.5. The third-order valence-electron chi connectivity index (χ3n) is 8.38. The first-order valence-corrected chi connectivity index (χ1v) is 15.5. The molecule has 3 N–H and O–H groups in total. The fourth-order valence-electron chi connectivity index (χ4n) is 6.54. The van der Waals surface area contributed by atoms with Gasteiger partial charge in [0.25, 0.3) is 0 Å². The van der Waals surface area contributed by atoms with E-state index in [4.69, 9.17) is 20.2 Å². The third kappa shape index (κ3) is 6.55. The minimum atomic E-state index is -0.383. The summed E-state index contributed by atoms with van der Waals surface area (Å²) in [7, 11) is 0. The summed E-state index contributed by atoms with van der Waals surface area (Å²) in [6.45, 7) is 8.71. The van der Waals surface area contributed by atoms with E-state index in [1.807, 2.05) is 18.2 Å². The SMILES string of the molecule is CC1(C)CC2NC(=O)CCC3COc4ncccc4[C@H]3N3C(=O)CC(CCCCc4ccc(c2c4)O1)N=C3N.CCC. The highest BCUT2D eigenvalue weighted by Crippen LogP contribution is 2.43. The zero-order chi connectivity index (χ0) is 29.9. The van der Waals surface area contributed by atoms with E-state index in [-0.39, 0.29) is 47.4 Å². The Hall–Kier alpha value is -3.62. The second-order valence-electron chi connectivity index (χ2n) is 12.6. The number of carbonyl (C=O) groups is 2. The molecule has 0 fully saturated rings. The molecule has 1 aromatic heterocycles. The van der Waals surface area contributed by atoms with Crippen molar-refractivity contribution in [1.29, 1.82) is 0 Å². The Morgan fingerprint density at radius 1 is 1.10 bits per heavy atom. The van der Waals surface area contributed by atoms with Crippen LogP contribution >= 0.6 is 0 Å². The van der Waals surface area contributed by atoms with Crippen LogP contribution < -0.4 is 20.5 Å². The van der Waals surface area contributed by atoms with Crippen LogP contribution in [0, 0.1) is 5.92 Å². The minimum Gasteiger partial charge on any atom is -0.487 e. The number of benzene rings is 1. The number of rotatable bonds is 0. The summed E-state index contributed by atoms with van der Waals surface area (Å²) in [4.78, 5) is 37.7. The van der Waals surface area contributed by atoms with E-state index in [1.54, 1.807) is 11.1 Å². The van der Waals surface area contributed by atoms with Gasteiger partial charge in [-0.15, -0.1) is 0 Å². The molecule has 0 saturated heterocycles. The average Bonchev–Trinajstić information content (AvgIpc) is 2.94. The standard InChI is InChI=1S/C30H37N5O4.C3H8/c1-30(2)16-23-22-14-18(9-11-24(22)39-30)6-3-4-7-20-15-26(37)35(29(31)33-20)27-19(10-12-25(36)34-23)17-38-28-21(27)8-5-13-32-28;1-3-2/h5,8-9,11,13-14,19-20,23,27H,3-4,6-7,10,12,15-17H2,1-2H3,(H2,31,33)(H,34,36);3H2,1-2H3/t19?,20?,23?,27-;/m0./s1. The number of guanidine groups is 1. The molecule has 0 aliphatic carbocycles. The Balaban J connectivity index is 0.00000113. The van der Waals surface area contributed by atoms with E-state index in [0.29, 0.717) is 38.2 Å². The number of aromatic nitrogens is 1. The maximum atomic E-state index is 13.5. The second-order valence-corrected chi connectivity index (χ2v) is 12.6. The summed E-state index contributed by atoms with van der Waals surface area (Å²) in [5.74, 6) is 1.40. The normalized spacial score (nSPS) is 26.9. The molecule has 5 aliphatic rings. The van der Waals surface area contributed by atoms with Gasteiger partial charge in [-0.3, -0.25) is 14.5 Å². The van der Waals surface area contributed by atoms with E-state index < -0.39 is 0 Å². The summed E-state index contributed by atoms with van der Waals surface area (Å²) in [5, 5.41) is 3.29. The molecule has 42 heavy (non-hydrogen) atoms. The van der Waals surface area contributed by atoms with Crippen LogP contribution in [0.2, 0.25) is 0 Å². The Morgan fingerprint density at radius 3 is 2.69 bits per heavy atom. The van der Waals surface area contributed by atoms with Crippen molar-refractivity contribution in [3.63, 3.8) is 0 Å². The summed E-state index contributed by atoms with van der Waals surface area (Å²) in [6, 6.07) is 9.49. The van der Waals surface area contributed by atoms with Crippen molar-refractivity contribution >= 4 is 17.8 Å². The summed E-state index contributed by atoms with van der Waals surface area (Å²) in [5.41, 5.74) is 9.18. The molecular formula is C33H45N5O4. The molecular weight excluding hydrogens is 530 g/mol. The van der Waals surface area contributed by atoms with Gasteiger partial charge in [0, 0.05) is 42.5 Å². The topological polar surface area (TPSA) is 119 Å². The number of pyridine rings is 1. The molecule has 7 rings (SSSR count). The number of nitrogens with zero attached hydrogens (tertiary/aromatic N) is 3. The summed E-state index contributed by atoms with van der Waals surface area (Å²) >= 11 is 0. The molecule has 4 bridgehead atoms. The van der Waals surface area contributed by atoms with Crippen LogP contribution in [0.5, 0.6) is 11.6 Å². The van der Waals surface area contributed by atoms with Gasteiger partial charge in [0.2, 0.25) is 17.7 Å². The number of aliphatic imine (C=N–C) groups is 1. The number of fused-ring (bicyclic) bond motifs is 8. The van der Waals surface area contributed by atoms with E-state index in [1.165, 1.54) is 12.0 Å². The first-order valence-electron chi connectivity index (χ1n) is 15.5. The number of aryl methyl sites for hydroxylation is 1. The number of hydrogen-bond donors (Lipinski definition) is 2. The van der Waals surface area contributed by atoms with Crippen LogP contribution in [-0.2, 0) is 16.0 Å². The predicted molar refractivity (Wildman–Crippen MR) is 162 cm³/mol. The van der Waals surface area contributed by atoms with Gasteiger partial charge in [-0.25, -0.2) is 9.98 Å². The Morgan fingerprint density at radius 2 is 1.90 bits per heavy atom. The van der Waals surface area contributed by atoms with E-state index in [2.05, 4.69) is 50.1 Å². The number of carbonyl (C=O) groups excluding carboxylic acids is 2. The van der Waals surface area contributed by atoms with Crippen molar-refractivity contribution in [2.24, 2.45) is 16.6 Å². The molecule has 3 unspecified atom stereocenters. The highest BCUT2D eigenvalue weighted by Gasteiger charge is 2.42. The molecule has 9 heteroatoms. The molecule has 226 valence electrons. The van der Waals surface area contributed by atoms with Gasteiger partial charge in [-0.1, -0.05) is 38.8 Å². The molecule has 2 amide bonds. The van der Waals surface area contributed by atoms with Crippen LogP contribution in [0.3, 0.4) is 0 Å². The highest BCUT2D eigenvalue weighted by molar-refractivity contribution is 5.99. The Kier molecular flexibility index (Phi) is 9.04. The number of nitrogens with two attached hydrogens (primary N) is 1. The fraction of sp³-hybridized carbons (Fsp3) is 0.576. The maximum absolute atomic E-state index is 13.5. The smallest absolute Gasteiger partial charge is 0.232 e. The molecule has 1 aromatic carbocycles. The van der Waals surface area contributed by atoms with Gasteiger partial charge in [-0.05, 0) is 63.3 Å². The first-order chi connectivity index (χ1) is 20.2. The number of hydrogen-bond acceptors (Lipinski definition) is 7. The maximum Gasteiger partial charge on any atom is 0.232 e. The fourth-order valence-corrected chi connectivity index (χ4v) is 6.54. The number of ether oxygens (including phenoxy) is 2. The van der Waals surface area contributed by atoms with Gasteiger partial charge >= 0.3 is 0 Å². The van der Waals surface area contributed by atoms with Crippen LogP contribution in [0.15, 0.2) is 41.5 Å². The second kappa shape index (κ2) is 12.7. The minimum absolute atomic E-state index is 0.0300. The lowest BCUT2D eigenvalue weighted by Gasteiger charge is -2.42. The average molecular weight is 576 g/mol. The Bertz CT molecular complexity index is 1330. The predicted octanol–water partition coefficient (Wildman–Crippen LogP) is 5.39. The first kappa shape index (κ1) is 29.9. The molecule has 0 radical (unpaired) electrons. The molecule has 0 spiro atoms. The lowest BCUT2D eigenvalue weighted by atomic mass is 9.85. The lowest BCUT2D eigenvalue weighted by Crippen LogP contribution is -2.52. The van der Waals surface area contributed by atoms with Crippen molar-refractivity contribution in [2.45, 2.75) is 109 Å². The molecule has 2 aromatic rings. The van der Waals surface area contributed by atoms with Crippen LogP contribution in [0.1, 0.15) is 108 Å². The van der Waals surface area contributed by atoms with Crippen LogP contribution in [-0.4, -0.2) is 45.9 Å². The van der Waals surface area contributed by atoms with Gasteiger partial charge in [0.1, 0.15) is 11.4 Å². The largest absolute Gasteiger partial charge is 0.487 e. The monoisotopic (exact) mass is 575 g/mol. The molecule has 4 atom stereocenters. The third-order valence-corrected chi connectivity index (χ3v) is 8.38.